The fourth-order valence-corrected chi connectivity index (χ4v) is 13.5. The molecule has 7 heterocycles. The number of amides is 1. The van der Waals surface area contributed by atoms with Crippen molar-refractivity contribution in [2.45, 2.75) is 134 Å². The molecule has 75 heavy (non-hydrogen) atoms. The normalized spacial score (nSPS) is 25.9. The van der Waals surface area contributed by atoms with Gasteiger partial charge in [-0.3, -0.25) is 9.78 Å². The van der Waals surface area contributed by atoms with Gasteiger partial charge in [-0.2, -0.15) is 9.97 Å². The Morgan fingerprint density at radius 3 is 2.08 bits per heavy atom. The number of carbonyl (C=O) groups excluding carboxylic acids is 1. The number of carbonyl (C=O) groups is 1. The molecular weight excluding hydrogens is 999 g/mol. The van der Waals surface area contributed by atoms with E-state index in [-0.39, 0.29) is 29.9 Å². The number of nitrogens with one attached hydrogen (secondary N) is 4. The Morgan fingerprint density at radius 1 is 0.800 bits per heavy atom. The third kappa shape index (κ3) is 10.5. The Kier molecular flexibility index (Phi) is 14.3. The summed E-state index contributed by atoms with van der Waals surface area (Å²) in [7, 11) is 1.76. The molecule has 1 amide bonds. The van der Waals surface area contributed by atoms with E-state index in [2.05, 4.69) is 26.3 Å². The van der Waals surface area contributed by atoms with Crippen molar-refractivity contribution in [3.63, 3.8) is 0 Å². The fourth-order valence-electron chi connectivity index (χ4n) is 11.4. The van der Waals surface area contributed by atoms with E-state index in [1.54, 1.807) is 38.3 Å². The van der Waals surface area contributed by atoms with Crippen LogP contribution in [0.15, 0.2) is 24.5 Å². The molecule has 6 aromatic heterocycles. The highest BCUT2D eigenvalue weighted by atomic mass is 32.1. The van der Waals surface area contributed by atoms with Crippen LogP contribution in [0.1, 0.15) is 82.3 Å². The van der Waals surface area contributed by atoms with E-state index in [9.17, 15) is 25.2 Å². The molecule has 11 rings (SSSR count). The molecule has 0 radical (unpaired) electrons. The Morgan fingerprint density at radius 2 is 1.44 bits per heavy atom. The van der Waals surface area contributed by atoms with Gasteiger partial charge in [-0.1, -0.05) is 12.8 Å². The Labute approximate surface area is 442 Å². The van der Waals surface area contributed by atoms with Crippen LogP contribution in [0.2, 0.25) is 0 Å². The number of nitrogens with zero attached hydrogens (tertiary/aromatic N) is 9. The summed E-state index contributed by atoms with van der Waals surface area (Å²) in [4.78, 5) is 53.7. The number of hydrogen-bond acceptors (Lipinski definition) is 22. The zero-order chi connectivity index (χ0) is 52.3. The van der Waals surface area contributed by atoms with Crippen molar-refractivity contribution in [2.24, 2.45) is 17.8 Å². The Hall–Kier alpha value is -5.53. The number of aromatic nitrogens is 8. The number of pyridine rings is 2. The maximum Gasteiger partial charge on any atom is 0.248 e. The summed E-state index contributed by atoms with van der Waals surface area (Å²) in [5, 5.41) is 61.9. The van der Waals surface area contributed by atoms with Crippen molar-refractivity contribution < 1.29 is 39.4 Å². The smallest absolute Gasteiger partial charge is 0.248 e. The molecule has 4 aliphatic carbocycles. The highest BCUT2D eigenvalue weighted by molar-refractivity contribution is 7.22. The maximum absolute atomic E-state index is 12.6. The van der Waals surface area contributed by atoms with Crippen LogP contribution in [0.3, 0.4) is 0 Å². The molecule has 21 nitrogen and oxygen atoms in total. The van der Waals surface area contributed by atoms with Crippen LogP contribution in [-0.2, 0) is 14.3 Å². The second kappa shape index (κ2) is 20.8. The van der Waals surface area contributed by atoms with E-state index >= 15 is 0 Å². The summed E-state index contributed by atoms with van der Waals surface area (Å²) in [6.07, 6.45) is 6.12. The molecule has 0 bridgehead atoms. The largest absolute Gasteiger partial charge is 0.468 e. The first-order valence-corrected chi connectivity index (χ1v) is 27.8. The summed E-state index contributed by atoms with van der Waals surface area (Å²) in [6.45, 7) is 11.6. The van der Waals surface area contributed by atoms with Gasteiger partial charge in [-0.25, -0.2) is 24.9 Å². The number of anilines is 4. The molecule has 400 valence electrons. The second-order valence-electron chi connectivity index (χ2n) is 21.7. The van der Waals surface area contributed by atoms with E-state index in [0.29, 0.717) is 107 Å². The van der Waals surface area contributed by atoms with Crippen LogP contribution in [-0.4, -0.2) is 165 Å². The van der Waals surface area contributed by atoms with Gasteiger partial charge < -0.3 is 60.8 Å². The van der Waals surface area contributed by atoms with Gasteiger partial charge in [0.1, 0.15) is 51.5 Å². The lowest BCUT2D eigenvalue weighted by Gasteiger charge is -2.30. The lowest BCUT2D eigenvalue weighted by Crippen LogP contribution is -2.45. The minimum absolute atomic E-state index is 0.000513. The van der Waals surface area contributed by atoms with Gasteiger partial charge >= 0.3 is 0 Å². The Balaban J connectivity index is 0.924. The number of thiazole rings is 2. The number of aliphatic hydroxyl groups is 4. The van der Waals surface area contributed by atoms with Crippen molar-refractivity contribution in [2.75, 3.05) is 67.8 Å². The molecule has 5 fully saturated rings. The molecule has 4 saturated carbocycles. The Bertz CT molecular complexity index is 3070. The summed E-state index contributed by atoms with van der Waals surface area (Å²) < 4.78 is 20.0. The molecule has 8 atom stereocenters. The monoisotopic (exact) mass is 1070 g/mol. The summed E-state index contributed by atoms with van der Waals surface area (Å²) in [6, 6.07) is 2.59. The predicted molar refractivity (Wildman–Crippen MR) is 286 cm³/mol. The average Bonchev–Trinajstić information content (AvgIpc) is 3.75. The fraction of sp³-hybridized carbons (Fsp3) is 0.596. The standard InChI is InChI=1S/C52H67N13O8S2/c1-25-36(44(63-49(57-25)55-21-28-9-10-28)59-31-19-29(40(67)42(31)69)22-65-17-18-72-23-35(65)66)48-62-39-34(75-48)12-16-54-46(39)73-43-32(20-30(41(43)68)51(4,5)70)60-45-37(47-61-38-27(3)53-15-11-33(38)74-47)26(2)58-50(64-45)56-24-52(71-6)13-7-8-14-52/h11-12,15-16,28-32,40-43,67-70H,7-10,13-14,17-24H2,1-6H3,(H2,55,57,59,63)(H2,56,58,60,64)/t29-,30+,31-,32-,40-,41-,42+,43+/m1/s1. The number of morpholine rings is 1. The second-order valence-corrected chi connectivity index (χ2v) is 23.7. The first kappa shape index (κ1) is 51.6. The van der Waals surface area contributed by atoms with Gasteiger partial charge in [0, 0.05) is 57.5 Å². The van der Waals surface area contributed by atoms with Crippen LogP contribution in [0.25, 0.3) is 41.6 Å². The van der Waals surface area contributed by atoms with Crippen LogP contribution in [0.5, 0.6) is 5.88 Å². The van der Waals surface area contributed by atoms with Gasteiger partial charge in [-0.05, 0) is 91.2 Å². The molecule has 0 aromatic carbocycles. The molecule has 1 saturated heterocycles. The predicted octanol–water partition coefficient (Wildman–Crippen LogP) is 5.49. The third-order valence-corrected chi connectivity index (χ3v) is 18.0. The number of rotatable bonds is 18. The van der Waals surface area contributed by atoms with E-state index in [0.717, 1.165) is 65.7 Å². The van der Waals surface area contributed by atoms with Crippen molar-refractivity contribution >= 4 is 72.5 Å². The quantitative estimate of drug-likeness (QED) is 0.0528. The zero-order valence-electron chi connectivity index (χ0n) is 43.2. The van der Waals surface area contributed by atoms with E-state index in [1.807, 2.05) is 32.9 Å². The van der Waals surface area contributed by atoms with Crippen molar-refractivity contribution in [1.29, 1.82) is 0 Å². The molecule has 1 aliphatic heterocycles. The minimum Gasteiger partial charge on any atom is -0.468 e. The van der Waals surface area contributed by atoms with Gasteiger partial charge in [0.15, 0.2) is 0 Å². The minimum atomic E-state index is -1.29. The average molecular weight is 1070 g/mol. The molecule has 23 heteroatoms. The van der Waals surface area contributed by atoms with E-state index < -0.39 is 48.0 Å². The lowest BCUT2D eigenvalue weighted by molar-refractivity contribution is -0.144. The molecule has 0 unspecified atom stereocenters. The molecular formula is C52H67N13O8S2. The van der Waals surface area contributed by atoms with Gasteiger partial charge in [0.25, 0.3) is 0 Å². The van der Waals surface area contributed by atoms with Crippen LogP contribution in [0.4, 0.5) is 23.5 Å². The number of methoxy groups -OCH3 is 1. The summed E-state index contributed by atoms with van der Waals surface area (Å²) in [5.74, 6) is 1.38. The maximum atomic E-state index is 12.6. The molecule has 6 aromatic rings. The van der Waals surface area contributed by atoms with E-state index in [4.69, 9.17) is 49.1 Å². The lowest BCUT2D eigenvalue weighted by atomic mass is 9.88. The summed E-state index contributed by atoms with van der Waals surface area (Å²) in [5.41, 5.74) is 3.07. The van der Waals surface area contributed by atoms with Gasteiger partial charge in [-0.15, -0.1) is 22.7 Å². The number of aliphatic hydroxyl groups excluding tert-OH is 3. The van der Waals surface area contributed by atoms with Crippen LogP contribution < -0.4 is 26.0 Å². The van der Waals surface area contributed by atoms with Crippen molar-refractivity contribution in [3.05, 3.63) is 41.6 Å². The first-order chi connectivity index (χ1) is 36.0. The number of hydrogen-bond donors (Lipinski definition) is 8. The van der Waals surface area contributed by atoms with Crippen molar-refractivity contribution in [1.82, 2.24) is 44.8 Å². The van der Waals surface area contributed by atoms with Crippen LogP contribution in [0, 0.1) is 38.5 Å². The number of fused-ring (bicyclic) bond motifs is 2. The SMILES string of the molecule is COC1(CNc2nc(C)c(-c3nc4c(C)nccc4s3)c(N[C@@H]3C[C@H](C(C)(C)O)[C@@H](O)[C@H]3Oc3nccc4sc(-c5c(C)nc(NCC6CC6)nc5N[C@@H]5C[C@H](CN6CCOCC6=O)[C@@H](O)[C@H]5O)nc34)n2)CCCC1. The highest BCUT2D eigenvalue weighted by Gasteiger charge is 2.51. The highest BCUT2D eigenvalue weighted by Crippen LogP contribution is 2.45. The third-order valence-electron chi connectivity index (χ3n) is 15.9. The molecule has 5 aliphatic rings. The topological polar surface area (TPSA) is 280 Å². The van der Waals surface area contributed by atoms with Gasteiger partial charge in [0.05, 0.1) is 79.7 Å². The van der Waals surface area contributed by atoms with Gasteiger partial charge in [0.2, 0.25) is 23.7 Å². The molecule has 8 N–H and O–H groups in total. The number of ether oxygens (including phenoxy) is 3. The summed E-state index contributed by atoms with van der Waals surface area (Å²) >= 11 is 2.92. The molecule has 0 spiro atoms. The zero-order valence-corrected chi connectivity index (χ0v) is 44.8. The first-order valence-electron chi connectivity index (χ1n) is 26.1. The van der Waals surface area contributed by atoms with E-state index in [1.165, 1.54) is 22.7 Å². The van der Waals surface area contributed by atoms with Crippen LogP contribution >= 0.6 is 22.7 Å². The number of aryl methyl sites for hydroxylation is 3. The van der Waals surface area contributed by atoms with Crippen molar-refractivity contribution in [3.8, 4) is 27.0 Å².